The third kappa shape index (κ3) is 6.29. The summed E-state index contributed by atoms with van der Waals surface area (Å²) < 4.78 is 5.81. The molecule has 1 unspecified atom stereocenters. The van der Waals surface area contributed by atoms with E-state index < -0.39 is 0 Å². The second kappa shape index (κ2) is 10.8. The number of benzene rings is 1. The fourth-order valence-corrected chi connectivity index (χ4v) is 4.14. The number of aliphatic hydroxyl groups excluding tert-OH is 1. The van der Waals surface area contributed by atoms with E-state index in [2.05, 4.69) is 52.0 Å². The summed E-state index contributed by atoms with van der Waals surface area (Å²) >= 11 is 0. The molecule has 1 atom stereocenters. The zero-order chi connectivity index (χ0) is 20.6. The molecule has 1 aromatic heterocycles. The molecule has 1 saturated heterocycles. The Morgan fingerprint density at radius 3 is 2.83 bits per heavy atom. The van der Waals surface area contributed by atoms with Crippen molar-refractivity contribution in [1.29, 1.82) is 0 Å². The minimum Gasteiger partial charge on any atom is -0.494 e. The summed E-state index contributed by atoms with van der Waals surface area (Å²) in [5, 5.41) is 17.3. The van der Waals surface area contributed by atoms with Gasteiger partial charge in [-0.3, -0.25) is 14.9 Å². The summed E-state index contributed by atoms with van der Waals surface area (Å²) in [6, 6.07) is 10.8. The summed E-state index contributed by atoms with van der Waals surface area (Å²) in [4.78, 5) is 4.96. The molecule has 1 aliphatic heterocycles. The van der Waals surface area contributed by atoms with Crippen molar-refractivity contribution in [2.24, 2.45) is 5.92 Å². The van der Waals surface area contributed by atoms with Crippen LogP contribution in [0.3, 0.4) is 0 Å². The third-order valence-corrected chi connectivity index (χ3v) is 5.49. The molecular weight excluding hydrogens is 364 g/mol. The van der Waals surface area contributed by atoms with Crippen LogP contribution in [0.5, 0.6) is 5.75 Å². The first kappa shape index (κ1) is 21.8. The van der Waals surface area contributed by atoms with Crippen molar-refractivity contribution in [1.82, 2.24) is 20.0 Å². The molecule has 29 heavy (non-hydrogen) atoms. The number of hydrogen-bond acceptors (Lipinski definition) is 5. The lowest BCUT2D eigenvalue weighted by Gasteiger charge is -2.41. The molecule has 2 heterocycles. The first-order valence-corrected chi connectivity index (χ1v) is 10.9. The highest BCUT2D eigenvalue weighted by atomic mass is 16.5. The number of nitrogens with zero attached hydrogens (tertiary/aromatic N) is 3. The van der Waals surface area contributed by atoms with E-state index in [4.69, 9.17) is 4.74 Å². The van der Waals surface area contributed by atoms with Gasteiger partial charge in [0.1, 0.15) is 5.75 Å². The fraction of sp³-hybridized carbons (Fsp3) is 0.609. The zero-order valence-corrected chi connectivity index (χ0v) is 18.1. The van der Waals surface area contributed by atoms with E-state index in [0.29, 0.717) is 18.6 Å². The van der Waals surface area contributed by atoms with Crippen molar-refractivity contribution >= 4 is 0 Å². The molecule has 0 spiro atoms. The van der Waals surface area contributed by atoms with Gasteiger partial charge >= 0.3 is 0 Å². The minimum absolute atomic E-state index is 0.213. The van der Waals surface area contributed by atoms with Crippen LogP contribution in [0.2, 0.25) is 0 Å². The van der Waals surface area contributed by atoms with Crippen LogP contribution in [0.15, 0.2) is 30.3 Å². The Kier molecular flexibility index (Phi) is 8.09. The molecule has 160 valence electrons. The molecule has 2 N–H and O–H groups in total. The monoisotopic (exact) mass is 400 g/mol. The molecule has 1 aliphatic rings. The second-order valence-corrected chi connectivity index (χ2v) is 8.39. The fourth-order valence-electron chi connectivity index (χ4n) is 4.14. The molecule has 0 saturated carbocycles. The molecule has 6 heteroatoms. The Morgan fingerprint density at radius 1 is 1.24 bits per heavy atom. The number of aliphatic hydroxyl groups is 1. The van der Waals surface area contributed by atoms with Crippen LogP contribution in [0, 0.1) is 5.92 Å². The van der Waals surface area contributed by atoms with E-state index in [1.54, 1.807) is 0 Å². The largest absolute Gasteiger partial charge is 0.494 e. The Hall–Kier alpha value is -1.89. The SMILES string of the molecule is CCOc1ccccc1CN1CCN(Cc2cc(CC(C)C)n[nH]2)CC1CCO. The maximum atomic E-state index is 9.62. The highest BCUT2D eigenvalue weighted by Gasteiger charge is 2.27. The Bertz CT molecular complexity index is 746. The lowest BCUT2D eigenvalue weighted by atomic mass is 10.1. The predicted molar refractivity (Wildman–Crippen MR) is 116 cm³/mol. The van der Waals surface area contributed by atoms with Gasteiger partial charge in [-0.15, -0.1) is 0 Å². The number of hydrogen-bond donors (Lipinski definition) is 2. The van der Waals surface area contributed by atoms with E-state index in [-0.39, 0.29) is 6.61 Å². The summed E-state index contributed by atoms with van der Waals surface area (Å²) in [6.07, 6.45) is 1.80. The van der Waals surface area contributed by atoms with Gasteiger partial charge in [-0.05, 0) is 37.8 Å². The highest BCUT2D eigenvalue weighted by molar-refractivity contribution is 5.33. The van der Waals surface area contributed by atoms with Crippen LogP contribution in [0.4, 0.5) is 0 Å². The van der Waals surface area contributed by atoms with Gasteiger partial charge in [0.15, 0.2) is 0 Å². The van der Waals surface area contributed by atoms with E-state index >= 15 is 0 Å². The van der Waals surface area contributed by atoms with Crippen LogP contribution in [0.1, 0.15) is 44.1 Å². The van der Waals surface area contributed by atoms with E-state index in [1.165, 1.54) is 11.3 Å². The number of aromatic nitrogens is 2. The number of H-pyrrole nitrogens is 1. The molecule has 3 rings (SSSR count). The van der Waals surface area contributed by atoms with E-state index in [0.717, 1.165) is 57.0 Å². The predicted octanol–water partition coefficient (Wildman–Crippen LogP) is 3.08. The number of ether oxygens (including phenoxy) is 1. The summed E-state index contributed by atoms with van der Waals surface area (Å²) in [6.45, 7) is 12.0. The Labute approximate surface area is 174 Å². The van der Waals surface area contributed by atoms with Gasteiger partial charge in [-0.25, -0.2) is 0 Å². The molecule has 0 radical (unpaired) electrons. The highest BCUT2D eigenvalue weighted by Crippen LogP contribution is 2.24. The van der Waals surface area contributed by atoms with Gasteiger partial charge in [-0.2, -0.15) is 5.10 Å². The molecule has 2 aromatic rings. The van der Waals surface area contributed by atoms with Gasteiger partial charge < -0.3 is 9.84 Å². The normalized spacial score (nSPS) is 18.4. The molecule has 0 bridgehead atoms. The summed E-state index contributed by atoms with van der Waals surface area (Å²) in [7, 11) is 0. The summed E-state index contributed by atoms with van der Waals surface area (Å²) in [5.41, 5.74) is 3.55. The quantitative estimate of drug-likeness (QED) is 0.642. The molecular formula is C23H36N4O2. The minimum atomic E-state index is 0.213. The van der Waals surface area contributed by atoms with E-state index in [9.17, 15) is 5.11 Å². The Morgan fingerprint density at radius 2 is 2.07 bits per heavy atom. The molecule has 0 aliphatic carbocycles. The zero-order valence-electron chi connectivity index (χ0n) is 18.1. The van der Waals surface area contributed by atoms with Gasteiger partial charge in [0.2, 0.25) is 0 Å². The maximum absolute atomic E-state index is 9.62. The molecule has 0 amide bonds. The molecule has 1 aromatic carbocycles. The van der Waals surface area contributed by atoms with Gasteiger partial charge in [0.05, 0.1) is 12.3 Å². The number of nitrogens with one attached hydrogen (secondary N) is 1. The lowest BCUT2D eigenvalue weighted by Crippen LogP contribution is -2.52. The van der Waals surface area contributed by atoms with Gasteiger partial charge in [0, 0.05) is 56.6 Å². The molecule has 6 nitrogen and oxygen atoms in total. The number of aromatic amines is 1. The van der Waals surface area contributed by atoms with Crippen molar-refractivity contribution in [2.75, 3.05) is 32.8 Å². The first-order valence-electron chi connectivity index (χ1n) is 10.9. The van der Waals surface area contributed by atoms with Crippen LogP contribution in [0.25, 0.3) is 0 Å². The number of rotatable bonds is 10. The lowest BCUT2D eigenvalue weighted by molar-refractivity contribution is 0.0488. The average Bonchev–Trinajstić information content (AvgIpc) is 3.12. The first-order chi connectivity index (χ1) is 14.1. The van der Waals surface area contributed by atoms with Gasteiger partial charge in [0.25, 0.3) is 0 Å². The number of para-hydroxylation sites is 1. The van der Waals surface area contributed by atoms with Crippen LogP contribution in [-0.4, -0.2) is 64.0 Å². The third-order valence-electron chi connectivity index (χ3n) is 5.49. The molecule has 1 fully saturated rings. The van der Waals surface area contributed by atoms with Crippen LogP contribution < -0.4 is 4.74 Å². The van der Waals surface area contributed by atoms with E-state index in [1.807, 2.05) is 19.1 Å². The van der Waals surface area contributed by atoms with Crippen LogP contribution >= 0.6 is 0 Å². The average molecular weight is 401 g/mol. The van der Waals surface area contributed by atoms with Crippen molar-refractivity contribution in [3.8, 4) is 5.75 Å². The maximum Gasteiger partial charge on any atom is 0.123 e. The van der Waals surface area contributed by atoms with Crippen molar-refractivity contribution in [2.45, 2.75) is 52.7 Å². The van der Waals surface area contributed by atoms with Crippen molar-refractivity contribution in [3.63, 3.8) is 0 Å². The standard InChI is InChI=1S/C23H36N4O2/c1-4-29-23-8-6-5-7-19(23)15-27-11-10-26(17-22(27)9-12-28)16-21-14-20(24-25-21)13-18(2)3/h5-8,14,18,22,28H,4,9-13,15-17H2,1-3H3,(H,24,25). The van der Waals surface area contributed by atoms with Gasteiger partial charge in [-0.1, -0.05) is 32.0 Å². The van der Waals surface area contributed by atoms with Crippen molar-refractivity contribution < 1.29 is 9.84 Å². The summed E-state index contributed by atoms with van der Waals surface area (Å²) in [5.74, 6) is 1.58. The van der Waals surface area contributed by atoms with Crippen molar-refractivity contribution in [3.05, 3.63) is 47.3 Å². The van der Waals surface area contributed by atoms with Crippen LogP contribution in [-0.2, 0) is 19.5 Å². The topological polar surface area (TPSA) is 64.6 Å². The smallest absolute Gasteiger partial charge is 0.123 e. The second-order valence-electron chi connectivity index (χ2n) is 8.39. The number of piperazine rings is 1. The Balaban J connectivity index is 1.61.